The number of hydrogen-bond donors (Lipinski definition) is 2. The number of nitrogens with zero attached hydrogens (tertiary/aromatic N) is 2. The number of likely N-dealkylation sites (N-methyl/N-ethyl adjacent to an activating group) is 1. The van der Waals surface area contributed by atoms with Crippen molar-refractivity contribution in [1.29, 1.82) is 0 Å². The van der Waals surface area contributed by atoms with E-state index < -0.39 is 6.04 Å². The van der Waals surface area contributed by atoms with Crippen molar-refractivity contribution in [2.75, 3.05) is 25.6 Å². The van der Waals surface area contributed by atoms with Crippen LogP contribution in [0.3, 0.4) is 0 Å². The molecule has 0 spiro atoms. The van der Waals surface area contributed by atoms with E-state index >= 15 is 0 Å². The lowest BCUT2D eigenvalue weighted by atomic mass is 10.1. The van der Waals surface area contributed by atoms with Gasteiger partial charge in [-0.15, -0.1) is 11.3 Å². The molecule has 2 heterocycles. The van der Waals surface area contributed by atoms with Crippen molar-refractivity contribution in [1.82, 2.24) is 15.2 Å². The van der Waals surface area contributed by atoms with E-state index in [9.17, 15) is 14.4 Å². The Balaban J connectivity index is 1.68. The van der Waals surface area contributed by atoms with Gasteiger partial charge in [-0.2, -0.15) is 0 Å². The molecule has 1 aromatic carbocycles. The Hall–Kier alpha value is -2.78. The molecule has 2 N–H and O–H groups in total. The standard InChI is InChI=1S/C18H20N4O4S/c1-19-15(23)7-13-11-27-18(20-13)21-17(25)14-9-26-10-16(24)22(14)8-12-5-3-2-4-6-12/h2-6,11,14H,7-10H2,1H3,(H,19,23)(H,20,21,25). The molecule has 1 fully saturated rings. The highest BCUT2D eigenvalue weighted by Crippen LogP contribution is 2.19. The average Bonchev–Trinajstić information content (AvgIpc) is 3.10. The number of nitrogens with one attached hydrogen (secondary N) is 2. The van der Waals surface area contributed by atoms with E-state index in [-0.39, 0.29) is 37.4 Å². The Morgan fingerprint density at radius 1 is 1.33 bits per heavy atom. The monoisotopic (exact) mass is 388 g/mol. The third-order valence-electron chi connectivity index (χ3n) is 4.10. The van der Waals surface area contributed by atoms with Crippen LogP contribution in [0, 0.1) is 0 Å². The molecule has 1 aliphatic rings. The van der Waals surface area contributed by atoms with E-state index in [4.69, 9.17) is 4.74 Å². The second-order valence-corrected chi connectivity index (χ2v) is 6.88. The number of thiazole rings is 1. The fourth-order valence-corrected chi connectivity index (χ4v) is 3.40. The topological polar surface area (TPSA) is 101 Å². The minimum Gasteiger partial charge on any atom is -0.369 e. The molecule has 2 aromatic rings. The number of morpholine rings is 1. The van der Waals surface area contributed by atoms with Gasteiger partial charge in [0.1, 0.15) is 12.6 Å². The van der Waals surface area contributed by atoms with Crippen LogP contribution < -0.4 is 10.6 Å². The quantitative estimate of drug-likeness (QED) is 0.762. The molecule has 142 valence electrons. The predicted octanol–water partition coefficient (Wildman–Crippen LogP) is 0.798. The van der Waals surface area contributed by atoms with Crippen molar-refractivity contribution in [3.05, 3.63) is 47.0 Å². The molecule has 1 aromatic heterocycles. The second kappa shape index (κ2) is 8.74. The smallest absolute Gasteiger partial charge is 0.251 e. The Bertz CT molecular complexity index is 824. The van der Waals surface area contributed by atoms with Crippen molar-refractivity contribution in [3.63, 3.8) is 0 Å². The molecule has 0 radical (unpaired) electrons. The lowest BCUT2D eigenvalue weighted by molar-refractivity contribution is -0.154. The molecule has 0 bridgehead atoms. The van der Waals surface area contributed by atoms with Gasteiger partial charge in [-0.25, -0.2) is 4.98 Å². The van der Waals surface area contributed by atoms with Crippen LogP contribution in [0.5, 0.6) is 0 Å². The zero-order valence-electron chi connectivity index (χ0n) is 14.8. The summed E-state index contributed by atoms with van der Waals surface area (Å²) in [5.74, 6) is -0.747. The summed E-state index contributed by atoms with van der Waals surface area (Å²) in [5.41, 5.74) is 1.51. The van der Waals surface area contributed by atoms with Gasteiger partial charge in [0.15, 0.2) is 5.13 Å². The van der Waals surface area contributed by atoms with Gasteiger partial charge in [0.2, 0.25) is 11.8 Å². The molecule has 27 heavy (non-hydrogen) atoms. The fourth-order valence-electron chi connectivity index (χ4n) is 2.69. The first-order valence-electron chi connectivity index (χ1n) is 8.44. The first kappa shape index (κ1) is 19.0. The number of aromatic nitrogens is 1. The van der Waals surface area contributed by atoms with Crippen LogP contribution in [0.25, 0.3) is 0 Å². The van der Waals surface area contributed by atoms with Crippen LogP contribution >= 0.6 is 11.3 Å². The SMILES string of the molecule is CNC(=O)Cc1csc(NC(=O)C2COCC(=O)N2Cc2ccccc2)n1. The van der Waals surface area contributed by atoms with Crippen molar-refractivity contribution >= 4 is 34.2 Å². The van der Waals surface area contributed by atoms with Gasteiger partial charge in [-0.05, 0) is 5.56 Å². The first-order valence-corrected chi connectivity index (χ1v) is 9.31. The summed E-state index contributed by atoms with van der Waals surface area (Å²) in [4.78, 5) is 42.2. The highest BCUT2D eigenvalue weighted by atomic mass is 32.1. The van der Waals surface area contributed by atoms with Crippen LogP contribution in [0.1, 0.15) is 11.3 Å². The maximum Gasteiger partial charge on any atom is 0.251 e. The van der Waals surface area contributed by atoms with E-state index in [0.717, 1.165) is 5.56 Å². The molecular formula is C18H20N4O4S. The number of benzene rings is 1. The lowest BCUT2D eigenvalue weighted by Gasteiger charge is -2.34. The van der Waals surface area contributed by atoms with Crippen LogP contribution in [0.15, 0.2) is 35.7 Å². The third kappa shape index (κ3) is 4.89. The molecule has 1 aliphatic heterocycles. The van der Waals surface area contributed by atoms with Crippen molar-refractivity contribution < 1.29 is 19.1 Å². The summed E-state index contributed by atoms with van der Waals surface area (Å²) in [5, 5.41) is 7.35. The lowest BCUT2D eigenvalue weighted by Crippen LogP contribution is -2.54. The number of rotatable bonds is 6. The maximum absolute atomic E-state index is 12.7. The number of carbonyl (C=O) groups is 3. The molecule has 9 heteroatoms. The largest absolute Gasteiger partial charge is 0.369 e. The Labute approximate surface area is 160 Å². The van der Waals surface area contributed by atoms with Crippen LogP contribution in [-0.2, 0) is 32.1 Å². The number of hydrogen-bond acceptors (Lipinski definition) is 6. The van der Waals surface area contributed by atoms with Crippen LogP contribution in [0.4, 0.5) is 5.13 Å². The van der Waals surface area contributed by atoms with Gasteiger partial charge >= 0.3 is 0 Å². The number of carbonyl (C=O) groups excluding carboxylic acids is 3. The van der Waals surface area contributed by atoms with Crippen molar-refractivity contribution in [2.45, 2.75) is 19.0 Å². The summed E-state index contributed by atoms with van der Waals surface area (Å²) >= 11 is 1.23. The van der Waals surface area contributed by atoms with E-state index in [1.807, 2.05) is 30.3 Å². The summed E-state index contributed by atoms with van der Waals surface area (Å²) in [6.07, 6.45) is 0.147. The number of anilines is 1. The van der Waals surface area contributed by atoms with Crippen LogP contribution in [-0.4, -0.2) is 53.9 Å². The number of amides is 3. The van der Waals surface area contributed by atoms with Crippen molar-refractivity contribution in [2.24, 2.45) is 0 Å². The summed E-state index contributed by atoms with van der Waals surface area (Å²) in [7, 11) is 1.55. The van der Waals surface area contributed by atoms with E-state index in [1.54, 1.807) is 12.4 Å². The molecule has 3 rings (SSSR count). The molecule has 1 saturated heterocycles. The van der Waals surface area contributed by atoms with Gasteiger partial charge in [0.05, 0.1) is 18.7 Å². The fraction of sp³-hybridized carbons (Fsp3) is 0.333. The minimum atomic E-state index is -0.738. The first-order chi connectivity index (χ1) is 13.1. The minimum absolute atomic E-state index is 0.0376. The van der Waals surface area contributed by atoms with Gasteiger partial charge in [-0.1, -0.05) is 30.3 Å². The third-order valence-corrected chi connectivity index (χ3v) is 4.91. The van der Waals surface area contributed by atoms with Gasteiger partial charge in [-0.3, -0.25) is 14.4 Å². The Kier molecular flexibility index (Phi) is 6.15. The molecule has 0 aliphatic carbocycles. The molecule has 1 unspecified atom stereocenters. The Morgan fingerprint density at radius 3 is 2.85 bits per heavy atom. The molecule has 8 nitrogen and oxygen atoms in total. The van der Waals surface area contributed by atoms with Gasteiger partial charge < -0.3 is 20.3 Å². The van der Waals surface area contributed by atoms with Crippen molar-refractivity contribution in [3.8, 4) is 0 Å². The zero-order chi connectivity index (χ0) is 19.2. The zero-order valence-corrected chi connectivity index (χ0v) is 15.6. The van der Waals surface area contributed by atoms with E-state index in [1.165, 1.54) is 16.2 Å². The summed E-state index contributed by atoms with van der Waals surface area (Å²) in [6, 6.07) is 8.75. The summed E-state index contributed by atoms with van der Waals surface area (Å²) in [6.45, 7) is 0.423. The average molecular weight is 388 g/mol. The van der Waals surface area contributed by atoms with Gasteiger partial charge in [0.25, 0.3) is 5.91 Å². The predicted molar refractivity (Wildman–Crippen MR) is 100 cm³/mol. The van der Waals surface area contributed by atoms with Crippen LogP contribution in [0.2, 0.25) is 0 Å². The molecular weight excluding hydrogens is 368 g/mol. The van der Waals surface area contributed by atoms with E-state index in [2.05, 4.69) is 15.6 Å². The molecule has 0 saturated carbocycles. The van der Waals surface area contributed by atoms with Gasteiger partial charge in [0, 0.05) is 19.0 Å². The maximum atomic E-state index is 12.7. The molecule has 3 amide bonds. The Morgan fingerprint density at radius 2 is 2.11 bits per heavy atom. The van der Waals surface area contributed by atoms with E-state index in [0.29, 0.717) is 17.4 Å². The normalized spacial score (nSPS) is 16.9. The highest BCUT2D eigenvalue weighted by Gasteiger charge is 2.34. The highest BCUT2D eigenvalue weighted by molar-refractivity contribution is 7.13. The second-order valence-electron chi connectivity index (χ2n) is 6.02. The number of ether oxygens (including phenoxy) is 1. The molecule has 1 atom stereocenters. The summed E-state index contributed by atoms with van der Waals surface area (Å²) < 4.78 is 5.27.